The number of rotatable bonds is 5. The molecule has 0 spiro atoms. The predicted octanol–water partition coefficient (Wildman–Crippen LogP) is 1.64. The minimum atomic E-state index is -0.651. The smallest absolute Gasteiger partial charge is 0.255 e. The van der Waals surface area contributed by atoms with Gasteiger partial charge in [0.25, 0.3) is 5.91 Å². The van der Waals surface area contributed by atoms with E-state index in [2.05, 4.69) is 10.6 Å². The quantitative estimate of drug-likeness (QED) is 0.733. The van der Waals surface area contributed by atoms with Crippen LogP contribution in [-0.2, 0) is 27.3 Å². The molecule has 0 aliphatic carbocycles. The summed E-state index contributed by atoms with van der Waals surface area (Å²) < 4.78 is 5.15. The molecule has 0 radical (unpaired) electrons. The summed E-state index contributed by atoms with van der Waals surface area (Å²) in [6.45, 7) is 0.284. The van der Waals surface area contributed by atoms with Crippen LogP contribution in [0.3, 0.4) is 0 Å². The molecule has 0 saturated carbocycles. The number of anilines is 1. The van der Waals surface area contributed by atoms with Crippen molar-refractivity contribution in [2.24, 2.45) is 0 Å². The molecule has 154 valence electrons. The number of imide groups is 1. The lowest BCUT2D eigenvalue weighted by Crippen LogP contribution is -2.52. The molecule has 8 heteroatoms. The Morgan fingerprint density at radius 1 is 1.20 bits per heavy atom. The second kappa shape index (κ2) is 7.98. The van der Waals surface area contributed by atoms with E-state index in [1.807, 2.05) is 6.07 Å². The molecule has 2 heterocycles. The minimum Gasteiger partial charge on any atom is -0.497 e. The van der Waals surface area contributed by atoms with E-state index < -0.39 is 11.9 Å². The van der Waals surface area contributed by atoms with Gasteiger partial charge in [-0.15, -0.1) is 0 Å². The van der Waals surface area contributed by atoms with Gasteiger partial charge in [0.1, 0.15) is 11.8 Å². The topological polar surface area (TPSA) is 105 Å². The summed E-state index contributed by atoms with van der Waals surface area (Å²) in [6, 6.07) is 11.7. The summed E-state index contributed by atoms with van der Waals surface area (Å²) in [4.78, 5) is 50.1. The molecule has 2 aliphatic rings. The molecule has 2 aromatic rings. The van der Waals surface area contributed by atoms with Crippen molar-refractivity contribution < 1.29 is 23.9 Å². The highest BCUT2D eigenvalue weighted by atomic mass is 16.5. The molecule has 4 rings (SSSR count). The fourth-order valence-electron chi connectivity index (χ4n) is 3.83. The lowest BCUT2D eigenvalue weighted by Gasteiger charge is -2.29. The van der Waals surface area contributed by atoms with E-state index in [1.54, 1.807) is 43.5 Å². The van der Waals surface area contributed by atoms with Gasteiger partial charge in [-0.05, 0) is 35.7 Å². The number of piperidine rings is 1. The zero-order valence-electron chi connectivity index (χ0n) is 16.4. The normalized spacial score (nSPS) is 18.1. The Kier molecular flexibility index (Phi) is 5.22. The number of fused-ring (bicyclic) bond motifs is 1. The maximum atomic E-state index is 12.7. The van der Waals surface area contributed by atoms with Gasteiger partial charge in [0.2, 0.25) is 17.7 Å². The van der Waals surface area contributed by atoms with Crippen LogP contribution in [0.1, 0.15) is 34.3 Å². The minimum absolute atomic E-state index is 0.150. The Balaban J connectivity index is 1.44. The fraction of sp³-hybridized carbons (Fsp3) is 0.273. The van der Waals surface area contributed by atoms with Crippen LogP contribution in [0.15, 0.2) is 42.5 Å². The van der Waals surface area contributed by atoms with Gasteiger partial charge in [0.05, 0.1) is 13.5 Å². The Morgan fingerprint density at radius 2 is 2.03 bits per heavy atom. The van der Waals surface area contributed by atoms with Crippen LogP contribution < -0.4 is 15.4 Å². The van der Waals surface area contributed by atoms with Crippen LogP contribution in [0.4, 0.5) is 5.69 Å². The van der Waals surface area contributed by atoms with E-state index in [1.165, 1.54) is 4.90 Å². The average molecular weight is 407 g/mol. The molecular formula is C22H21N3O5. The van der Waals surface area contributed by atoms with Crippen LogP contribution in [0.5, 0.6) is 5.75 Å². The summed E-state index contributed by atoms with van der Waals surface area (Å²) in [5.41, 5.74) is 2.71. The molecule has 0 aromatic heterocycles. The van der Waals surface area contributed by atoms with Crippen LogP contribution in [0.25, 0.3) is 0 Å². The second-order valence-electron chi connectivity index (χ2n) is 7.35. The van der Waals surface area contributed by atoms with E-state index in [-0.39, 0.29) is 37.1 Å². The second-order valence-corrected chi connectivity index (χ2v) is 7.35. The average Bonchev–Trinajstić information content (AvgIpc) is 3.03. The first-order valence-electron chi connectivity index (χ1n) is 9.65. The Morgan fingerprint density at radius 3 is 2.80 bits per heavy atom. The molecule has 1 fully saturated rings. The molecule has 0 bridgehead atoms. The number of methoxy groups -OCH3 is 1. The van der Waals surface area contributed by atoms with Gasteiger partial charge in [-0.3, -0.25) is 24.5 Å². The van der Waals surface area contributed by atoms with Crippen LogP contribution in [0.2, 0.25) is 0 Å². The number of carbonyl (C=O) groups excluding carboxylic acids is 4. The Labute approximate surface area is 173 Å². The van der Waals surface area contributed by atoms with Crippen molar-refractivity contribution in [2.45, 2.75) is 31.8 Å². The van der Waals surface area contributed by atoms with E-state index in [0.717, 1.165) is 11.1 Å². The largest absolute Gasteiger partial charge is 0.497 e. The molecule has 1 atom stereocenters. The van der Waals surface area contributed by atoms with Crippen molar-refractivity contribution in [1.29, 1.82) is 0 Å². The van der Waals surface area contributed by atoms with Gasteiger partial charge in [0, 0.05) is 30.3 Å². The predicted molar refractivity (Wildman–Crippen MR) is 108 cm³/mol. The van der Waals surface area contributed by atoms with Crippen molar-refractivity contribution in [3.05, 3.63) is 59.2 Å². The van der Waals surface area contributed by atoms with Crippen molar-refractivity contribution in [3.8, 4) is 5.75 Å². The van der Waals surface area contributed by atoms with Gasteiger partial charge in [0.15, 0.2) is 0 Å². The van der Waals surface area contributed by atoms with Gasteiger partial charge >= 0.3 is 0 Å². The zero-order valence-corrected chi connectivity index (χ0v) is 16.4. The van der Waals surface area contributed by atoms with Crippen molar-refractivity contribution in [1.82, 2.24) is 10.2 Å². The molecule has 2 N–H and O–H groups in total. The maximum Gasteiger partial charge on any atom is 0.255 e. The standard InChI is InChI=1S/C22H21N3O5/c1-30-16-4-2-3-15(11-16)23-20(27)10-13-5-6-17-14(9-13)12-25(22(17)29)18-7-8-19(26)24-21(18)28/h2-6,9,11,18H,7-8,10,12H2,1H3,(H,23,27)(H,24,26,28). The van der Waals surface area contributed by atoms with Gasteiger partial charge < -0.3 is 15.0 Å². The van der Waals surface area contributed by atoms with E-state index >= 15 is 0 Å². The first-order valence-corrected chi connectivity index (χ1v) is 9.65. The molecule has 8 nitrogen and oxygen atoms in total. The highest BCUT2D eigenvalue weighted by Crippen LogP contribution is 2.28. The monoisotopic (exact) mass is 407 g/mol. The Bertz CT molecular complexity index is 1050. The van der Waals surface area contributed by atoms with Gasteiger partial charge in [-0.1, -0.05) is 18.2 Å². The molecule has 30 heavy (non-hydrogen) atoms. The van der Waals surface area contributed by atoms with Crippen LogP contribution >= 0.6 is 0 Å². The number of benzene rings is 2. The van der Waals surface area contributed by atoms with Gasteiger partial charge in [-0.2, -0.15) is 0 Å². The van der Waals surface area contributed by atoms with E-state index in [4.69, 9.17) is 4.74 Å². The SMILES string of the molecule is COc1cccc(NC(=O)Cc2ccc3c(c2)CN(C2CCC(=O)NC2=O)C3=O)c1. The van der Waals surface area contributed by atoms with E-state index in [9.17, 15) is 19.2 Å². The molecule has 4 amide bonds. The Hall–Kier alpha value is -3.68. The number of carbonyl (C=O) groups is 4. The van der Waals surface area contributed by atoms with Crippen LogP contribution in [0, 0.1) is 0 Å². The number of ether oxygens (including phenoxy) is 1. The summed E-state index contributed by atoms with van der Waals surface area (Å²) >= 11 is 0. The highest BCUT2D eigenvalue weighted by Gasteiger charge is 2.39. The van der Waals surface area contributed by atoms with Crippen molar-refractivity contribution in [3.63, 3.8) is 0 Å². The number of nitrogens with zero attached hydrogens (tertiary/aromatic N) is 1. The number of hydrogen-bond donors (Lipinski definition) is 2. The molecular weight excluding hydrogens is 386 g/mol. The van der Waals surface area contributed by atoms with Crippen molar-refractivity contribution in [2.75, 3.05) is 12.4 Å². The first-order chi connectivity index (χ1) is 14.4. The maximum absolute atomic E-state index is 12.7. The first kappa shape index (κ1) is 19.6. The third-order valence-corrected chi connectivity index (χ3v) is 5.31. The van der Waals surface area contributed by atoms with E-state index in [0.29, 0.717) is 23.4 Å². The molecule has 2 aromatic carbocycles. The molecule has 1 saturated heterocycles. The summed E-state index contributed by atoms with van der Waals surface area (Å²) in [7, 11) is 1.56. The number of amides is 4. The zero-order chi connectivity index (χ0) is 21.3. The number of hydrogen-bond acceptors (Lipinski definition) is 5. The summed E-state index contributed by atoms with van der Waals surface area (Å²) in [5, 5.41) is 5.12. The molecule has 2 aliphatic heterocycles. The number of nitrogens with one attached hydrogen (secondary N) is 2. The third kappa shape index (κ3) is 3.89. The fourth-order valence-corrected chi connectivity index (χ4v) is 3.83. The third-order valence-electron chi connectivity index (χ3n) is 5.31. The highest BCUT2D eigenvalue weighted by molar-refractivity contribution is 6.05. The van der Waals surface area contributed by atoms with Crippen LogP contribution in [-0.4, -0.2) is 41.7 Å². The van der Waals surface area contributed by atoms with Gasteiger partial charge in [-0.25, -0.2) is 0 Å². The summed E-state index contributed by atoms with van der Waals surface area (Å²) in [5.74, 6) is -0.520. The van der Waals surface area contributed by atoms with Crippen molar-refractivity contribution >= 4 is 29.3 Å². The lowest BCUT2D eigenvalue weighted by molar-refractivity contribution is -0.137. The summed E-state index contributed by atoms with van der Waals surface area (Å²) in [6.07, 6.45) is 0.684. The lowest BCUT2D eigenvalue weighted by atomic mass is 10.0. The molecule has 1 unspecified atom stereocenters.